The zero-order valence-electron chi connectivity index (χ0n) is 20.8. The highest BCUT2D eigenvalue weighted by Crippen LogP contribution is 2.24. The number of carbonyl (C=O) groups is 2. The molecule has 0 radical (unpaired) electrons. The van der Waals surface area contributed by atoms with Gasteiger partial charge in [0.1, 0.15) is 11.4 Å². The Bertz CT molecular complexity index is 1360. The second kappa shape index (κ2) is 10.8. The van der Waals surface area contributed by atoms with E-state index < -0.39 is 0 Å². The van der Waals surface area contributed by atoms with Crippen LogP contribution in [0.4, 0.5) is 4.39 Å². The summed E-state index contributed by atoms with van der Waals surface area (Å²) in [6.45, 7) is 3.56. The molecule has 37 heavy (non-hydrogen) atoms. The summed E-state index contributed by atoms with van der Waals surface area (Å²) in [5, 5.41) is 7.51. The van der Waals surface area contributed by atoms with Gasteiger partial charge in [-0.15, -0.1) is 0 Å². The van der Waals surface area contributed by atoms with E-state index in [0.717, 1.165) is 19.3 Å². The van der Waals surface area contributed by atoms with Crippen molar-refractivity contribution in [3.8, 4) is 11.5 Å². The molecule has 1 saturated heterocycles. The summed E-state index contributed by atoms with van der Waals surface area (Å²) in [5.74, 6) is -0.207. The van der Waals surface area contributed by atoms with Gasteiger partial charge in [0.25, 0.3) is 5.91 Å². The molecule has 1 aliphatic heterocycles. The van der Waals surface area contributed by atoms with Crippen LogP contribution in [0.15, 0.2) is 79.3 Å². The van der Waals surface area contributed by atoms with Crippen molar-refractivity contribution >= 4 is 11.8 Å². The van der Waals surface area contributed by atoms with Crippen molar-refractivity contribution < 1.29 is 14.0 Å². The van der Waals surface area contributed by atoms with E-state index >= 15 is 0 Å². The Hall–Kier alpha value is -4.20. The normalized spacial score (nSPS) is 15.5. The standard InChI is InChI=1S/C29H30FN5O2/c1-21-6-8-22(9-7-21)14-15-31-27(36)23-5-4-18-34(20-23)29(37)26-19-32-35(25-12-10-24(30)11-13-25)28(26)33-16-2-3-17-33/h2-3,6-13,16-17,19,23H,4-5,14-15,18,20H2,1H3,(H,31,36)/t23-/m0/s1. The van der Waals surface area contributed by atoms with Crippen LogP contribution in [0.2, 0.25) is 0 Å². The van der Waals surface area contributed by atoms with Gasteiger partial charge < -0.3 is 14.8 Å². The van der Waals surface area contributed by atoms with Crippen molar-refractivity contribution in [1.82, 2.24) is 24.6 Å². The molecule has 1 N–H and O–H groups in total. The summed E-state index contributed by atoms with van der Waals surface area (Å²) < 4.78 is 17.0. The molecule has 1 aliphatic rings. The topological polar surface area (TPSA) is 72.2 Å². The number of aromatic nitrogens is 3. The van der Waals surface area contributed by atoms with Gasteiger partial charge in [-0.1, -0.05) is 29.8 Å². The quantitative estimate of drug-likeness (QED) is 0.412. The fraction of sp³-hybridized carbons (Fsp3) is 0.276. The van der Waals surface area contributed by atoms with Gasteiger partial charge in [-0.2, -0.15) is 5.10 Å². The molecule has 2 aromatic heterocycles. The molecule has 5 rings (SSSR count). The zero-order chi connectivity index (χ0) is 25.8. The third-order valence-electron chi connectivity index (χ3n) is 6.81. The van der Waals surface area contributed by atoms with E-state index in [9.17, 15) is 14.0 Å². The van der Waals surface area contributed by atoms with Crippen molar-refractivity contribution in [2.24, 2.45) is 5.92 Å². The SMILES string of the molecule is Cc1ccc(CCNC(=O)[C@H]2CCCN(C(=O)c3cnn(-c4ccc(F)cc4)c3-n3cccc3)C2)cc1. The van der Waals surface area contributed by atoms with E-state index in [1.165, 1.54) is 23.3 Å². The van der Waals surface area contributed by atoms with Gasteiger partial charge in [0, 0.05) is 32.0 Å². The van der Waals surface area contributed by atoms with Crippen LogP contribution in [0.1, 0.15) is 34.3 Å². The van der Waals surface area contributed by atoms with Gasteiger partial charge >= 0.3 is 0 Å². The first-order valence-electron chi connectivity index (χ1n) is 12.6. The number of nitrogens with zero attached hydrogens (tertiary/aromatic N) is 4. The van der Waals surface area contributed by atoms with E-state index in [1.807, 2.05) is 29.1 Å². The Morgan fingerprint density at radius 1 is 1.05 bits per heavy atom. The lowest BCUT2D eigenvalue weighted by atomic mass is 9.96. The predicted octanol–water partition coefficient (Wildman–Crippen LogP) is 4.32. The first-order chi connectivity index (χ1) is 18.0. The molecular weight excluding hydrogens is 469 g/mol. The van der Waals surface area contributed by atoms with Gasteiger partial charge in [0.15, 0.2) is 5.82 Å². The summed E-state index contributed by atoms with van der Waals surface area (Å²) in [6.07, 6.45) is 7.51. The first-order valence-corrected chi connectivity index (χ1v) is 12.6. The molecule has 1 atom stereocenters. The minimum Gasteiger partial charge on any atom is -0.355 e. The number of piperidine rings is 1. The highest BCUT2D eigenvalue weighted by molar-refractivity contribution is 5.97. The molecule has 0 saturated carbocycles. The zero-order valence-corrected chi connectivity index (χ0v) is 20.8. The average Bonchev–Trinajstić information content (AvgIpc) is 3.60. The summed E-state index contributed by atoms with van der Waals surface area (Å²) in [4.78, 5) is 28.3. The highest BCUT2D eigenvalue weighted by atomic mass is 19.1. The second-order valence-electron chi connectivity index (χ2n) is 9.48. The second-order valence-corrected chi connectivity index (χ2v) is 9.48. The Morgan fingerprint density at radius 2 is 1.78 bits per heavy atom. The number of likely N-dealkylation sites (tertiary alicyclic amines) is 1. The molecule has 0 unspecified atom stereocenters. The fourth-order valence-electron chi connectivity index (χ4n) is 4.76. The number of aryl methyl sites for hydroxylation is 1. The molecule has 0 aliphatic carbocycles. The molecule has 2 aromatic carbocycles. The summed E-state index contributed by atoms with van der Waals surface area (Å²) in [5.41, 5.74) is 3.47. The van der Waals surface area contributed by atoms with Crippen LogP contribution in [-0.4, -0.2) is 50.7 Å². The van der Waals surface area contributed by atoms with Crippen LogP contribution >= 0.6 is 0 Å². The lowest BCUT2D eigenvalue weighted by Crippen LogP contribution is -2.45. The molecule has 3 heterocycles. The number of halogens is 1. The number of benzene rings is 2. The van der Waals surface area contributed by atoms with Crippen LogP contribution in [0.5, 0.6) is 0 Å². The number of hydrogen-bond acceptors (Lipinski definition) is 3. The van der Waals surface area contributed by atoms with Crippen molar-refractivity contribution in [2.45, 2.75) is 26.2 Å². The lowest BCUT2D eigenvalue weighted by Gasteiger charge is -2.32. The maximum Gasteiger partial charge on any atom is 0.259 e. The Labute approximate surface area is 215 Å². The minimum absolute atomic E-state index is 0.0164. The van der Waals surface area contributed by atoms with E-state index in [-0.39, 0.29) is 23.5 Å². The monoisotopic (exact) mass is 499 g/mol. The highest BCUT2D eigenvalue weighted by Gasteiger charge is 2.31. The van der Waals surface area contributed by atoms with Crippen molar-refractivity contribution in [3.05, 3.63) is 102 Å². The first kappa shape index (κ1) is 24.5. The van der Waals surface area contributed by atoms with Crippen molar-refractivity contribution in [1.29, 1.82) is 0 Å². The molecule has 2 amide bonds. The van der Waals surface area contributed by atoms with Crippen molar-refractivity contribution in [3.63, 3.8) is 0 Å². The van der Waals surface area contributed by atoms with E-state index in [2.05, 4.69) is 41.6 Å². The van der Waals surface area contributed by atoms with Gasteiger partial charge in [-0.05, 0) is 68.1 Å². The average molecular weight is 500 g/mol. The fourth-order valence-corrected chi connectivity index (χ4v) is 4.76. The Morgan fingerprint density at radius 3 is 2.51 bits per heavy atom. The number of rotatable bonds is 7. The summed E-state index contributed by atoms with van der Waals surface area (Å²) in [6, 6.07) is 18.0. The summed E-state index contributed by atoms with van der Waals surface area (Å²) >= 11 is 0. The molecule has 0 spiro atoms. The predicted molar refractivity (Wildman–Crippen MR) is 139 cm³/mol. The molecule has 8 heteroatoms. The molecule has 0 bridgehead atoms. The number of carbonyl (C=O) groups excluding carboxylic acids is 2. The number of nitrogens with one attached hydrogen (secondary N) is 1. The van der Waals surface area contributed by atoms with E-state index in [4.69, 9.17) is 0 Å². The Kier molecular flexibility index (Phi) is 7.16. The molecule has 1 fully saturated rings. The van der Waals surface area contributed by atoms with E-state index in [1.54, 1.807) is 27.9 Å². The van der Waals surface area contributed by atoms with Gasteiger partial charge in [-0.3, -0.25) is 9.59 Å². The molecular formula is C29H30FN5O2. The minimum atomic E-state index is -0.341. The number of amides is 2. The van der Waals surface area contributed by atoms with E-state index in [0.29, 0.717) is 36.7 Å². The smallest absolute Gasteiger partial charge is 0.259 e. The maximum atomic E-state index is 13.7. The van der Waals surface area contributed by atoms with Crippen molar-refractivity contribution in [2.75, 3.05) is 19.6 Å². The third kappa shape index (κ3) is 5.48. The molecule has 7 nitrogen and oxygen atoms in total. The summed E-state index contributed by atoms with van der Waals surface area (Å²) in [7, 11) is 0. The number of hydrogen-bond donors (Lipinski definition) is 1. The van der Waals surface area contributed by atoms with Crippen LogP contribution < -0.4 is 5.32 Å². The van der Waals surface area contributed by atoms with Crippen LogP contribution in [0.3, 0.4) is 0 Å². The molecule has 190 valence electrons. The largest absolute Gasteiger partial charge is 0.355 e. The van der Waals surface area contributed by atoms with Gasteiger partial charge in [0.2, 0.25) is 5.91 Å². The maximum absolute atomic E-state index is 13.7. The van der Waals surface area contributed by atoms with Gasteiger partial charge in [-0.25, -0.2) is 9.07 Å². The molecule has 4 aromatic rings. The third-order valence-corrected chi connectivity index (χ3v) is 6.81. The van der Waals surface area contributed by atoms with Crippen LogP contribution in [0.25, 0.3) is 11.5 Å². The lowest BCUT2D eigenvalue weighted by molar-refractivity contribution is -0.126. The van der Waals surface area contributed by atoms with Crippen LogP contribution in [0, 0.1) is 18.7 Å². The van der Waals surface area contributed by atoms with Crippen LogP contribution in [-0.2, 0) is 11.2 Å². The Balaban J connectivity index is 1.29. The van der Waals surface area contributed by atoms with Gasteiger partial charge in [0.05, 0.1) is 17.8 Å².